The SMILES string of the molecule is CCCCC(CC)C(=O)N1CC[C@H]2CNC[C@H]21. The van der Waals surface area contributed by atoms with E-state index in [-0.39, 0.29) is 5.92 Å². The first-order chi connectivity index (χ1) is 8.27. The van der Waals surface area contributed by atoms with Crippen LogP contribution in [0.15, 0.2) is 0 Å². The number of amides is 1. The minimum absolute atomic E-state index is 0.272. The Labute approximate surface area is 105 Å². The van der Waals surface area contributed by atoms with Gasteiger partial charge in [-0.05, 0) is 25.2 Å². The largest absolute Gasteiger partial charge is 0.338 e. The third kappa shape index (κ3) is 2.65. The number of nitrogens with zero attached hydrogens (tertiary/aromatic N) is 1. The van der Waals surface area contributed by atoms with E-state index in [2.05, 4.69) is 24.1 Å². The first-order valence-corrected chi connectivity index (χ1v) is 7.29. The van der Waals surface area contributed by atoms with Crippen LogP contribution in [0.3, 0.4) is 0 Å². The predicted octanol–water partition coefficient (Wildman–Crippen LogP) is 2.02. The van der Waals surface area contributed by atoms with Crippen LogP contribution < -0.4 is 5.32 Å². The molecule has 0 aromatic rings. The number of carbonyl (C=O) groups excluding carboxylic acids is 1. The highest BCUT2D eigenvalue weighted by Gasteiger charge is 2.41. The minimum atomic E-state index is 0.272. The molecule has 0 aliphatic carbocycles. The highest BCUT2D eigenvalue weighted by atomic mass is 16.2. The Kier molecular flexibility index (Phi) is 4.43. The van der Waals surface area contributed by atoms with Crippen LogP contribution in [-0.4, -0.2) is 36.5 Å². The Morgan fingerprint density at radius 1 is 1.41 bits per heavy atom. The second-order valence-corrected chi connectivity index (χ2v) is 5.55. The average Bonchev–Trinajstić information content (AvgIpc) is 2.91. The first kappa shape index (κ1) is 12.9. The van der Waals surface area contributed by atoms with Crippen molar-refractivity contribution in [1.29, 1.82) is 0 Å². The number of nitrogens with one attached hydrogen (secondary N) is 1. The molecule has 2 saturated heterocycles. The average molecular weight is 238 g/mol. The Balaban J connectivity index is 1.93. The molecule has 1 unspecified atom stereocenters. The summed E-state index contributed by atoms with van der Waals surface area (Å²) >= 11 is 0. The van der Waals surface area contributed by atoms with Crippen molar-refractivity contribution in [3.05, 3.63) is 0 Å². The molecule has 98 valence electrons. The van der Waals surface area contributed by atoms with E-state index in [9.17, 15) is 4.79 Å². The van der Waals surface area contributed by atoms with E-state index in [4.69, 9.17) is 0 Å². The highest BCUT2D eigenvalue weighted by molar-refractivity contribution is 5.79. The van der Waals surface area contributed by atoms with Crippen molar-refractivity contribution in [2.75, 3.05) is 19.6 Å². The summed E-state index contributed by atoms with van der Waals surface area (Å²) in [5, 5.41) is 3.42. The molecule has 0 radical (unpaired) electrons. The molecule has 3 atom stereocenters. The van der Waals surface area contributed by atoms with Crippen LogP contribution in [0.1, 0.15) is 46.0 Å². The van der Waals surface area contributed by atoms with E-state index in [1.54, 1.807) is 0 Å². The van der Waals surface area contributed by atoms with Gasteiger partial charge in [-0.25, -0.2) is 0 Å². The maximum atomic E-state index is 12.5. The Morgan fingerprint density at radius 2 is 2.24 bits per heavy atom. The summed E-state index contributed by atoms with van der Waals surface area (Å²) in [6.07, 6.45) is 5.66. The number of unbranched alkanes of at least 4 members (excludes halogenated alkanes) is 1. The van der Waals surface area contributed by atoms with Crippen molar-refractivity contribution in [3.8, 4) is 0 Å². The molecule has 1 amide bonds. The zero-order chi connectivity index (χ0) is 12.3. The van der Waals surface area contributed by atoms with E-state index in [0.29, 0.717) is 11.9 Å². The van der Waals surface area contributed by atoms with Gasteiger partial charge in [-0.2, -0.15) is 0 Å². The number of likely N-dealkylation sites (tertiary alicyclic amines) is 1. The lowest BCUT2D eigenvalue weighted by molar-refractivity contribution is -0.136. The van der Waals surface area contributed by atoms with Crippen LogP contribution in [0.5, 0.6) is 0 Å². The molecule has 2 fully saturated rings. The molecule has 2 aliphatic rings. The van der Waals surface area contributed by atoms with Gasteiger partial charge in [0.05, 0.1) is 0 Å². The maximum absolute atomic E-state index is 12.5. The van der Waals surface area contributed by atoms with E-state index in [1.165, 1.54) is 19.3 Å². The van der Waals surface area contributed by atoms with Crippen molar-refractivity contribution in [3.63, 3.8) is 0 Å². The molecule has 0 saturated carbocycles. The topological polar surface area (TPSA) is 32.3 Å². The van der Waals surface area contributed by atoms with Gasteiger partial charge in [-0.3, -0.25) is 4.79 Å². The molecule has 3 heteroatoms. The smallest absolute Gasteiger partial charge is 0.225 e. The molecule has 17 heavy (non-hydrogen) atoms. The van der Waals surface area contributed by atoms with Crippen LogP contribution in [0.25, 0.3) is 0 Å². The van der Waals surface area contributed by atoms with Gasteiger partial charge in [0.15, 0.2) is 0 Å². The quantitative estimate of drug-likeness (QED) is 0.795. The zero-order valence-electron chi connectivity index (χ0n) is 11.2. The van der Waals surface area contributed by atoms with Crippen molar-refractivity contribution >= 4 is 5.91 Å². The molecule has 2 rings (SSSR count). The van der Waals surface area contributed by atoms with Crippen LogP contribution in [-0.2, 0) is 4.79 Å². The van der Waals surface area contributed by atoms with Crippen molar-refractivity contribution < 1.29 is 4.79 Å². The molecule has 0 aromatic heterocycles. The molecule has 0 spiro atoms. The van der Waals surface area contributed by atoms with Gasteiger partial charge in [-0.1, -0.05) is 26.7 Å². The molecule has 0 aromatic carbocycles. The lowest BCUT2D eigenvalue weighted by Gasteiger charge is -2.27. The summed E-state index contributed by atoms with van der Waals surface area (Å²) in [6, 6.07) is 0.498. The van der Waals surface area contributed by atoms with Crippen LogP contribution in [0.4, 0.5) is 0 Å². The number of rotatable bonds is 5. The number of fused-ring (bicyclic) bond motifs is 1. The normalized spacial score (nSPS) is 29.4. The van der Waals surface area contributed by atoms with E-state index in [1.807, 2.05) is 0 Å². The summed E-state index contributed by atoms with van der Waals surface area (Å²) in [5.74, 6) is 1.43. The highest BCUT2D eigenvalue weighted by Crippen LogP contribution is 2.29. The lowest BCUT2D eigenvalue weighted by Crippen LogP contribution is -2.42. The van der Waals surface area contributed by atoms with Gasteiger partial charge >= 0.3 is 0 Å². The van der Waals surface area contributed by atoms with E-state index >= 15 is 0 Å². The number of carbonyl (C=O) groups is 1. The molecular weight excluding hydrogens is 212 g/mol. The number of hydrogen-bond acceptors (Lipinski definition) is 2. The Hall–Kier alpha value is -0.570. The standard InChI is InChI=1S/C14H26N2O/c1-3-5-6-11(4-2)14(17)16-8-7-12-9-15-10-13(12)16/h11-13,15H,3-10H2,1-2H3/t11?,12-,13+/m0/s1. The summed E-state index contributed by atoms with van der Waals surface area (Å²) in [6.45, 7) is 7.47. The maximum Gasteiger partial charge on any atom is 0.225 e. The predicted molar refractivity (Wildman–Crippen MR) is 69.8 cm³/mol. The Bertz CT molecular complexity index is 267. The van der Waals surface area contributed by atoms with Gasteiger partial charge in [-0.15, -0.1) is 0 Å². The van der Waals surface area contributed by atoms with Crippen molar-refractivity contribution in [2.45, 2.75) is 52.0 Å². The summed E-state index contributed by atoms with van der Waals surface area (Å²) in [7, 11) is 0. The minimum Gasteiger partial charge on any atom is -0.338 e. The van der Waals surface area contributed by atoms with Gasteiger partial charge in [0.2, 0.25) is 5.91 Å². The van der Waals surface area contributed by atoms with Gasteiger partial charge < -0.3 is 10.2 Å². The molecule has 0 bridgehead atoms. The van der Waals surface area contributed by atoms with Crippen molar-refractivity contribution in [2.24, 2.45) is 11.8 Å². The molecule has 3 nitrogen and oxygen atoms in total. The summed E-state index contributed by atoms with van der Waals surface area (Å²) in [4.78, 5) is 14.7. The summed E-state index contributed by atoms with van der Waals surface area (Å²) < 4.78 is 0. The first-order valence-electron chi connectivity index (χ1n) is 7.29. The Morgan fingerprint density at radius 3 is 2.94 bits per heavy atom. The lowest BCUT2D eigenvalue weighted by atomic mass is 9.97. The fraction of sp³-hybridized carbons (Fsp3) is 0.929. The number of hydrogen-bond donors (Lipinski definition) is 1. The van der Waals surface area contributed by atoms with Gasteiger partial charge in [0.1, 0.15) is 0 Å². The third-order valence-corrected chi connectivity index (χ3v) is 4.48. The second-order valence-electron chi connectivity index (χ2n) is 5.55. The monoisotopic (exact) mass is 238 g/mol. The van der Waals surface area contributed by atoms with E-state index in [0.717, 1.165) is 38.4 Å². The molecule has 1 N–H and O–H groups in total. The van der Waals surface area contributed by atoms with Crippen LogP contribution in [0, 0.1) is 11.8 Å². The van der Waals surface area contributed by atoms with Gasteiger partial charge in [0, 0.05) is 31.6 Å². The fourth-order valence-electron chi connectivity index (χ4n) is 3.31. The molecule has 2 heterocycles. The fourth-order valence-corrected chi connectivity index (χ4v) is 3.31. The van der Waals surface area contributed by atoms with E-state index < -0.39 is 0 Å². The van der Waals surface area contributed by atoms with Gasteiger partial charge in [0.25, 0.3) is 0 Å². The van der Waals surface area contributed by atoms with Crippen LogP contribution >= 0.6 is 0 Å². The summed E-state index contributed by atoms with van der Waals surface area (Å²) in [5.41, 5.74) is 0. The van der Waals surface area contributed by atoms with Crippen molar-refractivity contribution in [1.82, 2.24) is 10.2 Å². The van der Waals surface area contributed by atoms with Crippen LogP contribution in [0.2, 0.25) is 0 Å². The molecular formula is C14H26N2O. The second kappa shape index (κ2) is 5.85. The zero-order valence-corrected chi connectivity index (χ0v) is 11.2. The third-order valence-electron chi connectivity index (χ3n) is 4.48. The molecule has 2 aliphatic heterocycles.